The smallest absolute Gasteiger partial charge is 0.204 e. The summed E-state index contributed by atoms with van der Waals surface area (Å²) in [5.74, 6) is 1.88. The van der Waals surface area contributed by atoms with Gasteiger partial charge in [0, 0.05) is 17.8 Å². The summed E-state index contributed by atoms with van der Waals surface area (Å²) in [7, 11) is 4.83. The van der Waals surface area contributed by atoms with Gasteiger partial charge < -0.3 is 14.2 Å². The molecule has 3 aromatic rings. The average molecular weight is 401 g/mol. The molecule has 0 fully saturated rings. The number of hydrogen-bond donors (Lipinski definition) is 0. The third-order valence-electron chi connectivity index (χ3n) is 4.49. The number of allylic oxidation sites excluding steroid dienone is 1. The van der Waals surface area contributed by atoms with Crippen LogP contribution in [0, 0.1) is 0 Å². The van der Waals surface area contributed by atoms with Crippen molar-refractivity contribution in [3.05, 3.63) is 89.3 Å². The van der Waals surface area contributed by atoms with Crippen molar-refractivity contribution in [3.8, 4) is 17.2 Å². The molecule has 5 heteroatoms. The van der Waals surface area contributed by atoms with E-state index in [0.29, 0.717) is 17.2 Å². The highest BCUT2D eigenvalue weighted by atomic mass is 16.5. The Hall–Kier alpha value is -3.86. The van der Waals surface area contributed by atoms with Gasteiger partial charge in [0.15, 0.2) is 0 Å². The zero-order valence-corrected chi connectivity index (χ0v) is 17.2. The number of carbonyl (C=O) groups excluding carboxylic acids is 1. The largest absolute Gasteiger partial charge is 0.497 e. The van der Waals surface area contributed by atoms with Crippen LogP contribution in [0.5, 0.6) is 17.2 Å². The van der Waals surface area contributed by atoms with E-state index in [1.807, 2.05) is 42.5 Å². The Labute approximate surface area is 176 Å². The van der Waals surface area contributed by atoms with Crippen LogP contribution in [0.2, 0.25) is 0 Å². The number of ether oxygens (including phenoxy) is 3. The van der Waals surface area contributed by atoms with Crippen molar-refractivity contribution in [1.82, 2.24) is 4.98 Å². The number of ketones is 1. The minimum Gasteiger partial charge on any atom is -0.497 e. The molecule has 0 radical (unpaired) electrons. The van der Waals surface area contributed by atoms with Gasteiger partial charge in [0.1, 0.15) is 22.9 Å². The summed E-state index contributed by atoms with van der Waals surface area (Å²) in [6, 6.07) is 16.7. The van der Waals surface area contributed by atoms with Crippen LogP contribution in [0.15, 0.2) is 66.9 Å². The van der Waals surface area contributed by atoms with Crippen LogP contribution in [0.1, 0.15) is 27.2 Å². The van der Waals surface area contributed by atoms with Gasteiger partial charge in [-0.2, -0.15) is 0 Å². The number of pyridine rings is 1. The Morgan fingerprint density at radius 2 is 1.60 bits per heavy atom. The number of hydrogen-bond acceptors (Lipinski definition) is 5. The Morgan fingerprint density at radius 3 is 2.23 bits per heavy atom. The van der Waals surface area contributed by atoms with Gasteiger partial charge in [-0.15, -0.1) is 0 Å². The van der Waals surface area contributed by atoms with Crippen LogP contribution in [0.4, 0.5) is 0 Å². The van der Waals surface area contributed by atoms with Gasteiger partial charge in [-0.3, -0.25) is 9.78 Å². The molecule has 0 aliphatic rings. The van der Waals surface area contributed by atoms with Crippen molar-refractivity contribution >= 4 is 24.0 Å². The van der Waals surface area contributed by atoms with Crippen LogP contribution < -0.4 is 14.2 Å². The van der Waals surface area contributed by atoms with Crippen LogP contribution >= 0.6 is 0 Å². The first-order chi connectivity index (χ1) is 14.6. The van der Waals surface area contributed by atoms with E-state index in [9.17, 15) is 4.79 Å². The van der Waals surface area contributed by atoms with E-state index in [-0.39, 0.29) is 5.78 Å². The summed E-state index contributed by atoms with van der Waals surface area (Å²) < 4.78 is 16.1. The number of carbonyl (C=O) groups is 1. The molecule has 3 rings (SSSR count). The van der Waals surface area contributed by atoms with E-state index in [1.54, 1.807) is 57.9 Å². The molecule has 5 nitrogen and oxygen atoms in total. The minimum absolute atomic E-state index is 0.182. The van der Waals surface area contributed by atoms with Gasteiger partial charge in [-0.05, 0) is 53.6 Å². The number of methoxy groups -OCH3 is 3. The molecule has 0 atom stereocenters. The zero-order chi connectivity index (χ0) is 21.3. The van der Waals surface area contributed by atoms with Crippen molar-refractivity contribution in [2.75, 3.05) is 21.3 Å². The standard InChI is InChI=1S/C25H23NO4/c1-28-20-11-8-18(9-12-20)7-10-19-16-21(29-2)17-25(30-3)22(19)13-14-24(27)23-6-4-5-15-26-23/h4-17H,1-3H3/b10-7+,14-13+. The molecule has 30 heavy (non-hydrogen) atoms. The maximum atomic E-state index is 12.4. The highest BCUT2D eigenvalue weighted by molar-refractivity contribution is 6.05. The summed E-state index contributed by atoms with van der Waals surface area (Å²) in [5.41, 5.74) is 3.02. The summed E-state index contributed by atoms with van der Waals surface area (Å²) in [6.07, 6.45) is 8.77. The van der Waals surface area contributed by atoms with Crippen molar-refractivity contribution < 1.29 is 19.0 Å². The molecule has 1 heterocycles. The number of benzene rings is 2. The molecule has 0 amide bonds. The lowest BCUT2D eigenvalue weighted by Gasteiger charge is -2.11. The van der Waals surface area contributed by atoms with Crippen LogP contribution in [-0.2, 0) is 0 Å². The molecule has 0 unspecified atom stereocenters. The fourth-order valence-electron chi connectivity index (χ4n) is 2.88. The number of rotatable bonds is 8. The van der Waals surface area contributed by atoms with E-state index < -0.39 is 0 Å². The molecule has 1 aromatic heterocycles. The highest BCUT2D eigenvalue weighted by Gasteiger charge is 2.10. The molecule has 2 aromatic carbocycles. The maximum absolute atomic E-state index is 12.4. The summed E-state index contributed by atoms with van der Waals surface area (Å²) in [5, 5.41) is 0. The minimum atomic E-state index is -0.182. The Balaban J connectivity index is 1.97. The van der Waals surface area contributed by atoms with Crippen LogP contribution in [0.25, 0.3) is 18.2 Å². The van der Waals surface area contributed by atoms with Gasteiger partial charge in [-0.25, -0.2) is 0 Å². The predicted molar refractivity (Wildman–Crippen MR) is 119 cm³/mol. The van der Waals surface area contributed by atoms with Crippen LogP contribution in [-0.4, -0.2) is 32.1 Å². The van der Waals surface area contributed by atoms with Crippen LogP contribution in [0.3, 0.4) is 0 Å². The monoisotopic (exact) mass is 401 g/mol. The van der Waals surface area contributed by atoms with E-state index in [1.165, 1.54) is 6.08 Å². The summed E-state index contributed by atoms with van der Waals surface area (Å²) in [4.78, 5) is 16.5. The van der Waals surface area contributed by atoms with E-state index in [4.69, 9.17) is 14.2 Å². The lowest BCUT2D eigenvalue weighted by molar-refractivity contribution is 0.104. The Kier molecular flexibility index (Phi) is 7.00. The molecule has 0 spiro atoms. The van der Waals surface area contributed by atoms with Crippen molar-refractivity contribution in [2.45, 2.75) is 0 Å². The predicted octanol–water partition coefficient (Wildman–Crippen LogP) is 5.17. The number of nitrogens with zero attached hydrogens (tertiary/aromatic N) is 1. The van der Waals surface area contributed by atoms with Crippen molar-refractivity contribution in [1.29, 1.82) is 0 Å². The first-order valence-corrected chi connectivity index (χ1v) is 9.36. The summed E-state index contributed by atoms with van der Waals surface area (Å²) in [6.45, 7) is 0. The Morgan fingerprint density at radius 1 is 0.833 bits per heavy atom. The van der Waals surface area contributed by atoms with Gasteiger partial charge >= 0.3 is 0 Å². The summed E-state index contributed by atoms with van der Waals surface area (Å²) >= 11 is 0. The normalized spacial score (nSPS) is 11.0. The molecule has 0 aliphatic carbocycles. The first kappa shape index (κ1) is 20.9. The lowest BCUT2D eigenvalue weighted by Crippen LogP contribution is -1.98. The molecular weight excluding hydrogens is 378 g/mol. The third kappa shape index (κ3) is 5.14. The topological polar surface area (TPSA) is 57.7 Å². The second-order valence-corrected chi connectivity index (χ2v) is 6.35. The van der Waals surface area contributed by atoms with E-state index in [0.717, 1.165) is 22.4 Å². The SMILES string of the molecule is COc1ccc(/C=C/c2cc(OC)cc(OC)c2/C=C/C(=O)c2ccccn2)cc1. The molecule has 0 aliphatic heterocycles. The fourth-order valence-corrected chi connectivity index (χ4v) is 2.88. The first-order valence-electron chi connectivity index (χ1n) is 9.36. The fraction of sp³-hybridized carbons (Fsp3) is 0.120. The molecular formula is C25H23NO4. The van der Waals surface area contributed by atoms with Gasteiger partial charge in [0.2, 0.25) is 5.78 Å². The third-order valence-corrected chi connectivity index (χ3v) is 4.49. The molecule has 152 valence electrons. The molecule has 0 saturated carbocycles. The second-order valence-electron chi connectivity index (χ2n) is 6.35. The highest BCUT2D eigenvalue weighted by Crippen LogP contribution is 2.31. The zero-order valence-electron chi connectivity index (χ0n) is 17.2. The lowest BCUT2D eigenvalue weighted by atomic mass is 10.0. The average Bonchev–Trinajstić information content (AvgIpc) is 2.81. The maximum Gasteiger partial charge on any atom is 0.204 e. The van der Waals surface area contributed by atoms with E-state index >= 15 is 0 Å². The van der Waals surface area contributed by atoms with Crippen molar-refractivity contribution in [2.24, 2.45) is 0 Å². The Bertz CT molecular complexity index is 1050. The van der Waals surface area contributed by atoms with Gasteiger partial charge in [0.25, 0.3) is 0 Å². The second kappa shape index (κ2) is 10.1. The quantitative estimate of drug-likeness (QED) is 0.296. The van der Waals surface area contributed by atoms with E-state index in [2.05, 4.69) is 4.98 Å². The van der Waals surface area contributed by atoms with Crippen molar-refractivity contribution in [3.63, 3.8) is 0 Å². The molecule has 0 saturated heterocycles. The van der Waals surface area contributed by atoms with Gasteiger partial charge in [0.05, 0.1) is 21.3 Å². The van der Waals surface area contributed by atoms with Gasteiger partial charge in [-0.1, -0.05) is 30.4 Å². The number of aromatic nitrogens is 1. The molecule has 0 bridgehead atoms. The molecule has 0 N–H and O–H groups in total.